The molecule has 0 saturated carbocycles. The fourth-order valence-corrected chi connectivity index (χ4v) is 2.67. The molecule has 0 amide bonds. The Bertz CT molecular complexity index is 885. The minimum absolute atomic E-state index is 0.0568. The van der Waals surface area contributed by atoms with Gasteiger partial charge in [-0.3, -0.25) is 0 Å². The van der Waals surface area contributed by atoms with Crippen molar-refractivity contribution in [3.8, 4) is 6.07 Å². The summed E-state index contributed by atoms with van der Waals surface area (Å²) in [4.78, 5) is 1.37. The Labute approximate surface area is 157 Å². The number of benzene rings is 2. The van der Waals surface area contributed by atoms with Crippen LogP contribution in [0.1, 0.15) is 37.5 Å². The summed E-state index contributed by atoms with van der Waals surface area (Å²) in [7, 11) is 1.52. The van der Waals surface area contributed by atoms with Gasteiger partial charge in [-0.15, -0.1) is 0 Å². The highest BCUT2D eigenvalue weighted by Crippen LogP contribution is 2.36. The van der Waals surface area contributed by atoms with Crippen LogP contribution in [-0.4, -0.2) is 12.2 Å². The van der Waals surface area contributed by atoms with Crippen molar-refractivity contribution in [1.82, 2.24) is 0 Å². The maximum atomic E-state index is 13.2. The predicted molar refractivity (Wildman–Crippen MR) is 100 cm³/mol. The van der Waals surface area contributed by atoms with E-state index in [4.69, 9.17) is 0 Å². The van der Waals surface area contributed by atoms with Crippen molar-refractivity contribution < 1.29 is 18.3 Å². The first kappa shape index (κ1) is 20.4. The highest BCUT2D eigenvalue weighted by Gasteiger charge is 2.34. The first-order chi connectivity index (χ1) is 12.5. The molecule has 0 atom stereocenters. The van der Waals surface area contributed by atoms with Crippen molar-refractivity contribution in [3.05, 3.63) is 70.9 Å². The van der Waals surface area contributed by atoms with Crippen LogP contribution in [0, 0.1) is 11.3 Å². The van der Waals surface area contributed by atoms with E-state index < -0.39 is 23.1 Å². The average molecular weight is 374 g/mol. The summed E-state index contributed by atoms with van der Waals surface area (Å²) in [6.07, 6.45) is -4.64. The molecule has 2 aromatic carbocycles. The molecule has 0 unspecified atom stereocenters. The van der Waals surface area contributed by atoms with Crippen LogP contribution in [-0.2, 0) is 11.6 Å². The number of halogens is 3. The van der Waals surface area contributed by atoms with Crippen molar-refractivity contribution in [3.63, 3.8) is 0 Å². The van der Waals surface area contributed by atoms with E-state index in [0.29, 0.717) is 5.69 Å². The third-order valence-corrected chi connectivity index (χ3v) is 4.27. The van der Waals surface area contributed by atoms with Gasteiger partial charge in [-0.1, -0.05) is 51.1 Å². The fourth-order valence-electron chi connectivity index (χ4n) is 2.67. The number of hydrogen-bond donors (Lipinski definition) is 1. The third-order valence-electron chi connectivity index (χ3n) is 4.27. The number of aliphatic hydroxyl groups is 1. The number of allylic oxidation sites excluding steroid dienone is 1. The van der Waals surface area contributed by atoms with Gasteiger partial charge in [-0.2, -0.15) is 18.4 Å². The number of anilines is 1. The van der Waals surface area contributed by atoms with E-state index in [1.807, 2.05) is 18.2 Å². The largest absolute Gasteiger partial charge is 0.504 e. The van der Waals surface area contributed by atoms with Crippen LogP contribution in [0.2, 0.25) is 0 Å². The molecule has 0 radical (unpaired) electrons. The third kappa shape index (κ3) is 4.43. The second-order valence-electron chi connectivity index (χ2n) is 7.21. The summed E-state index contributed by atoms with van der Waals surface area (Å²) in [6.45, 7) is 6.19. The Morgan fingerprint density at radius 3 is 2.04 bits per heavy atom. The van der Waals surface area contributed by atoms with Gasteiger partial charge in [0.25, 0.3) is 0 Å². The highest BCUT2D eigenvalue weighted by atomic mass is 19.4. The second-order valence-corrected chi connectivity index (χ2v) is 7.21. The number of aliphatic hydroxyl groups excluding tert-OH is 1. The molecule has 0 aliphatic carbocycles. The molecule has 142 valence electrons. The van der Waals surface area contributed by atoms with Crippen LogP contribution in [0.5, 0.6) is 0 Å². The van der Waals surface area contributed by atoms with Crippen LogP contribution in [0.4, 0.5) is 18.9 Å². The average Bonchev–Trinajstić information content (AvgIpc) is 2.60. The van der Waals surface area contributed by atoms with Crippen molar-refractivity contribution in [1.29, 1.82) is 5.26 Å². The Hall–Kier alpha value is -2.94. The highest BCUT2D eigenvalue weighted by molar-refractivity contribution is 5.73. The lowest BCUT2D eigenvalue weighted by Crippen LogP contribution is -2.19. The Balaban J connectivity index is 2.51. The van der Waals surface area contributed by atoms with Crippen LogP contribution < -0.4 is 4.90 Å². The van der Waals surface area contributed by atoms with Gasteiger partial charge in [0.15, 0.2) is 11.5 Å². The van der Waals surface area contributed by atoms with Gasteiger partial charge < -0.3 is 10.0 Å². The van der Waals surface area contributed by atoms with Crippen molar-refractivity contribution in [2.24, 2.45) is 0 Å². The van der Waals surface area contributed by atoms with Gasteiger partial charge in [0.2, 0.25) is 0 Å². The van der Waals surface area contributed by atoms with Crippen molar-refractivity contribution in [2.45, 2.75) is 32.4 Å². The molecule has 0 bridgehead atoms. The van der Waals surface area contributed by atoms with Gasteiger partial charge in [-0.25, -0.2) is 0 Å². The monoisotopic (exact) mass is 374 g/mol. The van der Waals surface area contributed by atoms with Gasteiger partial charge in [0, 0.05) is 18.3 Å². The molecular formula is C21H21F3N2O. The molecule has 0 aliphatic heterocycles. The van der Waals surface area contributed by atoms with E-state index in [9.17, 15) is 23.5 Å². The van der Waals surface area contributed by atoms with E-state index in [1.54, 1.807) is 12.1 Å². The summed E-state index contributed by atoms with van der Waals surface area (Å²) in [6, 6.07) is 13.8. The molecule has 6 heteroatoms. The summed E-state index contributed by atoms with van der Waals surface area (Å²) in [5.41, 5.74) is -0.0929. The van der Waals surface area contributed by atoms with Crippen LogP contribution in [0.25, 0.3) is 5.76 Å². The normalized spacial score (nSPS) is 13.0. The minimum atomic E-state index is -4.64. The molecule has 0 saturated heterocycles. The number of nitrogens with zero attached hydrogens (tertiary/aromatic N) is 2. The molecule has 0 spiro atoms. The first-order valence-corrected chi connectivity index (χ1v) is 8.31. The van der Waals surface area contributed by atoms with Crippen molar-refractivity contribution in [2.75, 3.05) is 11.9 Å². The zero-order valence-corrected chi connectivity index (χ0v) is 15.6. The van der Waals surface area contributed by atoms with E-state index in [-0.39, 0.29) is 11.1 Å². The first-order valence-electron chi connectivity index (χ1n) is 8.31. The summed E-state index contributed by atoms with van der Waals surface area (Å²) < 4.78 is 39.7. The van der Waals surface area contributed by atoms with Crippen LogP contribution in [0.15, 0.2) is 54.2 Å². The molecule has 2 aromatic rings. The van der Waals surface area contributed by atoms with E-state index in [1.165, 1.54) is 24.1 Å². The van der Waals surface area contributed by atoms with Gasteiger partial charge in [-0.05, 0) is 29.2 Å². The number of hydrogen-bond acceptors (Lipinski definition) is 3. The van der Waals surface area contributed by atoms with Crippen LogP contribution >= 0.6 is 0 Å². The molecule has 27 heavy (non-hydrogen) atoms. The lowest BCUT2D eigenvalue weighted by atomic mass is 9.87. The standard InChI is InChI=1S/C21H21F3N2O/c1-20(2,3)14-9-11-15(12-10-14)26(4)18(13-25)19(27)16-7-5-6-8-17(16)21(22,23)24/h5-12,27H,1-4H3/b19-18-. The molecule has 0 aliphatic rings. The Morgan fingerprint density at radius 2 is 1.56 bits per heavy atom. The predicted octanol–water partition coefficient (Wildman–Crippen LogP) is 5.89. The maximum Gasteiger partial charge on any atom is 0.417 e. The van der Waals surface area contributed by atoms with Crippen molar-refractivity contribution >= 4 is 11.4 Å². The zero-order valence-electron chi connectivity index (χ0n) is 15.6. The molecule has 0 heterocycles. The summed E-state index contributed by atoms with van der Waals surface area (Å²) >= 11 is 0. The molecule has 2 rings (SSSR count). The lowest BCUT2D eigenvalue weighted by Gasteiger charge is -2.23. The Morgan fingerprint density at radius 1 is 1.00 bits per heavy atom. The molecule has 0 fully saturated rings. The second kappa shape index (κ2) is 7.36. The minimum Gasteiger partial charge on any atom is -0.504 e. The van der Waals surface area contributed by atoms with Gasteiger partial charge >= 0.3 is 6.18 Å². The summed E-state index contributed by atoms with van der Waals surface area (Å²) in [5.74, 6) is -0.715. The van der Waals surface area contributed by atoms with Crippen LogP contribution in [0.3, 0.4) is 0 Å². The summed E-state index contributed by atoms with van der Waals surface area (Å²) in [5, 5.41) is 19.9. The molecular weight excluding hydrogens is 353 g/mol. The van der Waals surface area contributed by atoms with Gasteiger partial charge in [0.1, 0.15) is 6.07 Å². The topological polar surface area (TPSA) is 47.3 Å². The van der Waals surface area contributed by atoms with E-state index >= 15 is 0 Å². The lowest BCUT2D eigenvalue weighted by molar-refractivity contribution is -0.137. The quantitative estimate of drug-likeness (QED) is 0.538. The van der Waals surface area contributed by atoms with E-state index in [2.05, 4.69) is 20.8 Å². The molecule has 3 nitrogen and oxygen atoms in total. The maximum absolute atomic E-state index is 13.2. The molecule has 0 aromatic heterocycles. The number of rotatable bonds is 3. The molecule has 1 N–H and O–H groups in total. The number of nitriles is 1. The smallest absolute Gasteiger partial charge is 0.417 e. The zero-order chi connectivity index (χ0) is 20.4. The van der Waals surface area contributed by atoms with E-state index in [0.717, 1.165) is 17.7 Å². The number of alkyl halides is 3. The Kier molecular flexibility index (Phi) is 5.55. The SMILES string of the molecule is CN(/C(C#N)=C(\O)c1ccccc1C(F)(F)F)c1ccc(C(C)(C)C)cc1. The fraction of sp³-hybridized carbons (Fsp3) is 0.286. The van der Waals surface area contributed by atoms with Gasteiger partial charge in [0.05, 0.1) is 5.56 Å².